The van der Waals surface area contributed by atoms with Crippen LogP contribution in [0.2, 0.25) is 0 Å². The van der Waals surface area contributed by atoms with Gasteiger partial charge < -0.3 is 0 Å². The molecule has 5 heteroatoms. The first-order valence-electron chi connectivity index (χ1n) is 13.0. The van der Waals surface area contributed by atoms with Crippen molar-refractivity contribution in [2.24, 2.45) is 40.4 Å². The average Bonchev–Trinajstić information content (AvgIpc) is 3.11. The van der Waals surface area contributed by atoms with E-state index in [1.807, 2.05) is 19.1 Å². The van der Waals surface area contributed by atoms with Crippen LogP contribution >= 0.6 is 0 Å². The summed E-state index contributed by atoms with van der Waals surface area (Å²) < 4.78 is 31.5. The van der Waals surface area contributed by atoms with E-state index >= 15 is 0 Å². The molecule has 0 bridgehead atoms. The molecule has 0 aromatic heterocycles. The highest BCUT2D eigenvalue weighted by Gasteiger charge is 2.61. The predicted octanol–water partition coefficient (Wildman–Crippen LogP) is 6.32. The zero-order valence-electron chi connectivity index (χ0n) is 20.7. The van der Waals surface area contributed by atoms with Crippen molar-refractivity contribution >= 4 is 15.9 Å². The van der Waals surface area contributed by atoms with Gasteiger partial charge in [0.15, 0.2) is 0 Å². The number of Topliss-reactive ketones (excluding diaryl/α,β-unsaturated/α-hetero) is 1. The smallest absolute Gasteiger partial charge is 0.297 e. The highest BCUT2D eigenvalue weighted by molar-refractivity contribution is 7.86. The molecule has 1 aromatic rings. The summed E-state index contributed by atoms with van der Waals surface area (Å²) >= 11 is 0. The highest BCUT2D eigenvalue weighted by atomic mass is 32.2. The van der Waals surface area contributed by atoms with Crippen molar-refractivity contribution in [2.45, 2.75) is 96.5 Å². The van der Waals surface area contributed by atoms with Gasteiger partial charge in [-0.15, -0.1) is 0 Å². The van der Waals surface area contributed by atoms with Crippen LogP contribution in [0.25, 0.3) is 0 Å². The van der Waals surface area contributed by atoms with E-state index in [0.717, 1.165) is 37.2 Å². The number of hydrogen-bond acceptors (Lipinski definition) is 4. The summed E-state index contributed by atoms with van der Waals surface area (Å²) in [5.74, 6) is 3.28. The summed E-state index contributed by atoms with van der Waals surface area (Å²) in [6.07, 6.45) is 9.58. The summed E-state index contributed by atoms with van der Waals surface area (Å²) in [5, 5.41) is 0. The van der Waals surface area contributed by atoms with Crippen LogP contribution in [0.1, 0.15) is 84.1 Å². The second kappa shape index (κ2) is 8.19. The van der Waals surface area contributed by atoms with Gasteiger partial charge in [-0.1, -0.05) is 31.5 Å². The zero-order valence-corrected chi connectivity index (χ0v) is 21.5. The van der Waals surface area contributed by atoms with Crippen LogP contribution in [-0.4, -0.2) is 20.3 Å². The van der Waals surface area contributed by atoms with E-state index in [9.17, 15) is 13.2 Å². The van der Waals surface area contributed by atoms with Crippen LogP contribution in [0.15, 0.2) is 29.2 Å². The highest BCUT2D eigenvalue weighted by Crippen LogP contribution is 2.67. The molecule has 0 N–H and O–H groups in total. The van der Waals surface area contributed by atoms with Gasteiger partial charge in [0.05, 0.1) is 11.0 Å². The molecule has 1 aromatic carbocycles. The molecule has 0 radical (unpaired) electrons. The van der Waals surface area contributed by atoms with Gasteiger partial charge in [-0.3, -0.25) is 8.98 Å². The van der Waals surface area contributed by atoms with E-state index < -0.39 is 10.1 Å². The maximum Gasteiger partial charge on any atom is 0.297 e. The molecule has 4 aliphatic rings. The van der Waals surface area contributed by atoms with Crippen LogP contribution < -0.4 is 0 Å². The Hall–Kier alpha value is -1.20. The van der Waals surface area contributed by atoms with Crippen molar-refractivity contribution in [3.05, 3.63) is 29.8 Å². The summed E-state index contributed by atoms with van der Waals surface area (Å²) in [6.45, 7) is 8.64. The molecule has 33 heavy (non-hydrogen) atoms. The number of carbonyl (C=O) groups excluding carboxylic acids is 1. The summed E-state index contributed by atoms with van der Waals surface area (Å²) in [7, 11) is -3.72. The van der Waals surface area contributed by atoms with E-state index in [-0.39, 0.29) is 27.7 Å². The van der Waals surface area contributed by atoms with Crippen molar-refractivity contribution in [2.75, 3.05) is 0 Å². The Kier molecular flexibility index (Phi) is 5.84. The van der Waals surface area contributed by atoms with Crippen molar-refractivity contribution in [1.29, 1.82) is 0 Å². The molecular weight excluding hydrogens is 432 g/mol. The first kappa shape index (κ1) is 23.5. The van der Waals surface area contributed by atoms with E-state index in [0.29, 0.717) is 23.5 Å². The maximum absolute atomic E-state index is 12.9. The fraction of sp³-hybridized carbons (Fsp3) is 0.750. The van der Waals surface area contributed by atoms with Gasteiger partial charge in [0.1, 0.15) is 5.78 Å². The van der Waals surface area contributed by atoms with Gasteiger partial charge >= 0.3 is 0 Å². The molecule has 182 valence electrons. The molecule has 0 saturated heterocycles. The fourth-order valence-electron chi connectivity index (χ4n) is 8.91. The number of ketones is 1. The van der Waals surface area contributed by atoms with Crippen molar-refractivity contribution in [1.82, 2.24) is 0 Å². The fourth-order valence-corrected chi connectivity index (χ4v) is 10.0. The Morgan fingerprint density at radius 2 is 1.58 bits per heavy atom. The lowest BCUT2D eigenvalue weighted by molar-refractivity contribution is -0.137. The zero-order chi connectivity index (χ0) is 23.6. The third-order valence-electron chi connectivity index (χ3n) is 10.7. The Labute approximate surface area is 200 Å². The molecule has 4 nitrogen and oxygen atoms in total. The van der Waals surface area contributed by atoms with Crippen LogP contribution in [0, 0.1) is 47.3 Å². The Morgan fingerprint density at radius 1 is 0.909 bits per heavy atom. The molecule has 5 rings (SSSR count). The van der Waals surface area contributed by atoms with Crippen molar-refractivity contribution < 1.29 is 17.4 Å². The van der Waals surface area contributed by atoms with Crippen LogP contribution in [0.3, 0.4) is 0 Å². The SMILES string of the molecule is CC(=O)C1CCC2C3CCC4CC(OS(=O)(=O)c5ccc(C)cc5)CCC4(C)C3CCC12C. The summed E-state index contributed by atoms with van der Waals surface area (Å²) in [4.78, 5) is 12.6. The largest absolute Gasteiger partial charge is 0.300 e. The second-order valence-electron chi connectivity index (χ2n) is 12.2. The Bertz CT molecular complexity index is 1010. The molecule has 0 heterocycles. The molecule has 8 unspecified atom stereocenters. The predicted molar refractivity (Wildman–Crippen MR) is 129 cm³/mol. The van der Waals surface area contributed by atoms with Gasteiger partial charge in [-0.2, -0.15) is 8.42 Å². The van der Waals surface area contributed by atoms with Gasteiger partial charge in [-0.05, 0) is 118 Å². The van der Waals surface area contributed by atoms with Crippen LogP contribution in [-0.2, 0) is 19.1 Å². The van der Waals surface area contributed by atoms with E-state index in [1.54, 1.807) is 19.1 Å². The van der Waals surface area contributed by atoms with Gasteiger partial charge in [-0.25, -0.2) is 0 Å². The van der Waals surface area contributed by atoms with E-state index in [1.165, 1.54) is 32.1 Å². The van der Waals surface area contributed by atoms with Crippen molar-refractivity contribution in [3.63, 3.8) is 0 Å². The summed E-state index contributed by atoms with van der Waals surface area (Å²) in [5.41, 5.74) is 1.50. The molecule has 4 aliphatic carbocycles. The lowest BCUT2D eigenvalue weighted by Gasteiger charge is -2.61. The van der Waals surface area contributed by atoms with E-state index in [2.05, 4.69) is 13.8 Å². The lowest BCUT2D eigenvalue weighted by atomic mass is 9.44. The lowest BCUT2D eigenvalue weighted by Crippen LogP contribution is -2.54. The number of fused-ring (bicyclic) bond motifs is 5. The number of rotatable bonds is 4. The quantitative estimate of drug-likeness (QED) is 0.481. The van der Waals surface area contributed by atoms with Gasteiger partial charge in [0, 0.05) is 5.92 Å². The number of hydrogen-bond donors (Lipinski definition) is 0. The molecular formula is C28H40O4S. The normalized spacial score (nSPS) is 42.8. The molecule has 0 aliphatic heterocycles. The van der Waals surface area contributed by atoms with Crippen molar-refractivity contribution in [3.8, 4) is 0 Å². The average molecular weight is 473 g/mol. The second-order valence-corrected chi connectivity index (χ2v) is 13.8. The van der Waals surface area contributed by atoms with Crippen LogP contribution in [0.5, 0.6) is 0 Å². The first-order chi connectivity index (χ1) is 15.5. The van der Waals surface area contributed by atoms with E-state index in [4.69, 9.17) is 4.18 Å². The topological polar surface area (TPSA) is 60.4 Å². The minimum Gasteiger partial charge on any atom is -0.300 e. The standard InChI is InChI=1S/C28H40O4S/c1-18-5-8-22(9-6-18)33(30,31)32-21-13-15-27(3)20(17-21)7-10-23-25-12-11-24(19(2)29)28(25,4)16-14-26(23)27/h5-6,8-9,20-21,23-26H,7,10-17H2,1-4H3. The third kappa shape index (κ3) is 3.82. The van der Waals surface area contributed by atoms with Gasteiger partial charge in [0.2, 0.25) is 0 Å². The molecule has 8 atom stereocenters. The molecule has 0 amide bonds. The minimum absolute atomic E-state index is 0.193. The number of aryl methyl sites for hydroxylation is 1. The van der Waals surface area contributed by atoms with Crippen LogP contribution in [0.4, 0.5) is 0 Å². The maximum atomic E-state index is 12.9. The monoisotopic (exact) mass is 472 g/mol. The third-order valence-corrected chi connectivity index (χ3v) is 12.1. The number of benzene rings is 1. The van der Waals surface area contributed by atoms with Gasteiger partial charge in [0.25, 0.3) is 10.1 Å². The molecule has 4 fully saturated rings. The summed E-state index contributed by atoms with van der Waals surface area (Å²) in [6, 6.07) is 6.95. The number of carbonyl (C=O) groups is 1. The minimum atomic E-state index is -3.72. The molecule has 0 spiro atoms. The Balaban J connectivity index is 1.30. The Morgan fingerprint density at radius 3 is 2.27 bits per heavy atom. The molecule has 4 saturated carbocycles. The first-order valence-corrected chi connectivity index (χ1v) is 14.5.